The van der Waals surface area contributed by atoms with E-state index in [0.717, 1.165) is 19.5 Å². The fourth-order valence-electron chi connectivity index (χ4n) is 2.26. The van der Waals surface area contributed by atoms with Gasteiger partial charge < -0.3 is 10.2 Å². The molecule has 0 aliphatic heterocycles. The van der Waals surface area contributed by atoms with E-state index >= 15 is 0 Å². The summed E-state index contributed by atoms with van der Waals surface area (Å²) in [6, 6.07) is 12.9. The van der Waals surface area contributed by atoms with Crippen molar-refractivity contribution < 1.29 is 10.2 Å². The Morgan fingerprint density at radius 2 is 1.71 bits per heavy atom. The Bertz CT molecular complexity index is 536. The molecule has 2 rings (SSSR count). The van der Waals surface area contributed by atoms with E-state index in [-0.39, 0.29) is 13.2 Å². The van der Waals surface area contributed by atoms with Gasteiger partial charge in [-0.05, 0) is 31.0 Å². The maximum absolute atomic E-state index is 9.12. The summed E-state index contributed by atoms with van der Waals surface area (Å²) in [6.45, 7) is 4.74. The standard InChI is InChI=1S/C17H23NO2S/c1-14-3-5-15(6-4-14)17-8-7-16(21-17)13-18(10-12-20)9-2-11-19/h3-8,19-20H,2,9-13H2,1H3. The number of benzene rings is 1. The Morgan fingerprint density at radius 1 is 0.952 bits per heavy atom. The number of thiophene rings is 1. The van der Waals surface area contributed by atoms with Crippen molar-refractivity contribution in [3.63, 3.8) is 0 Å². The Morgan fingerprint density at radius 3 is 2.38 bits per heavy atom. The topological polar surface area (TPSA) is 43.7 Å². The molecule has 4 heteroatoms. The summed E-state index contributed by atoms with van der Waals surface area (Å²) in [5.41, 5.74) is 2.52. The third kappa shape index (κ3) is 4.93. The minimum Gasteiger partial charge on any atom is -0.396 e. The lowest BCUT2D eigenvalue weighted by Gasteiger charge is -2.19. The largest absolute Gasteiger partial charge is 0.396 e. The third-order valence-electron chi connectivity index (χ3n) is 3.43. The zero-order valence-corrected chi connectivity index (χ0v) is 13.3. The second-order valence-electron chi connectivity index (χ2n) is 5.21. The van der Waals surface area contributed by atoms with Gasteiger partial charge in [0.1, 0.15) is 0 Å². The van der Waals surface area contributed by atoms with E-state index in [1.807, 2.05) is 0 Å². The zero-order valence-electron chi connectivity index (χ0n) is 12.5. The van der Waals surface area contributed by atoms with E-state index in [1.165, 1.54) is 20.9 Å². The first kappa shape index (κ1) is 16.2. The van der Waals surface area contributed by atoms with Crippen LogP contribution in [0.25, 0.3) is 10.4 Å². The molecule has 2 aromatic rings. The lowest BCUT2D eigenvalue weighted by molar-refractivity contribution is 0.175. The summed E-state index contributed by atoms with van der Waals surface area (Å²) in [6.07, 6.45) is 0.746. The normalized spacial score (nSPS) is 11.2. The molecule has 1 aromatic carbocycles. The molecule has 0 aliphatic rings. The molecule has 0 saturated carbocycles. The summed E-state index contributed by atoms with van der Waals surface area (Å²) in [5, 5.41) is 18.1. The van der Waals surface area contributed by atoms with Gasteiger partial charge in [-0.2, -0.15) is 0 Å². The minimum atomic E-state index is 0.154. The molecule has 0 aliphatic carbocycles. The third-order valence-corrected chi connectivity index (χ3v) is 4.54. The number of nitrogens with zero attached hydrogens (tertiary/aromatic N) is 1. The first-order chi connectivity index (χ1) is 10.2. The van der Waals surface area contributed by atoms with Crippen LogP contribution in [0.4, 0.5) is 0 Å². The van der Waals surface area contributed by atoms with E-state index in [4.69, 9.17) is 10.2 Å². The minimum absolute atomic E-state index is 0.154. The highest BCUT2D eigenvalue weighted by molar-refractivity contribution is 7.15. The van der Waals surface area contributed by atoms with Gasteiger partial charge in [0.2, 0.25) is 0 Å². The molecular formula is C17H23NO2S. The molecule has 114 valence electrons. The van der Waals surface area contributed by atoms with Crippen molar-refractivity contribution in [1.82, 2.24) is 4.90 Å². The predicted octanol–water partition coefficient (Wildman–Crippen LogP) is 2.90. The van der Waals surface area contributed by atoms with Crippen LogP contribution in [0.3, 0.4) is 0 Å². The number of hydrogen-bond donors (Lipinski definition) is 2. The summed E-state index contributed by atoms with van der Waals surface area (Å²) in [4.78, 5) is 4.74. The van der Waals surface area contributed by atoms with Crippen molar-refractivity contribution in [3.8, 4) is 10.4 Å². The second kappa shape index (κ2) is 8.29. The van der Waals surface area contributed by atoms with Crippen LogP contribution < -0.4 is 0 Å². The second-order valence-corrected chi connectivity index (χ2v) is 6.38. The number of rotatable bonds is 8. The summed E-state index contributed by atoms with van der Waals surface area (Å²) < 4.78 is 0. The van der Waals surface area contributed by atoms with Gasteiger partial charge in [-0.1, -0.05) is 29.8 Å². The quantitative estimate of drug-likeness (QED) is 0.788. The lowest BCUT2D eigenvalue weighted by Crippen LogP contribution is -2.27. The van der Waals surface area contributed by atoms with E-state index in [1.54, 1.807) is 11.3 Å². The molecular weight excluding hydrogens is 282 g/mol. The Labute approximate surface area is 130 Å². The van der Waals surface area contributed by atoms with Crippen molar-refractivity contribution in [2.75, 3.05) is 26.3 Å². The van der Waals surface area contributed by atoms with Crippen LogP contribution in [0.5, 0.6) is 0 Å². The Hall–Kier alpha value is -1.20. The van der Waals surface area contributed by atoms with Crippen LogP contribution in [-0.4, -0.2) is 41.4 Å². The molecule has 1 heterocycles. The molecule has 0 bridgehead atoms. The number of aryl methyl sites for hydroxylation is 1. The van der Waals surface area contributed by atoms with Crippen LogP contribution >= 0.6 is 11.3 Å². The van der Waals surface area contributed by atoms with Gasteiger partial charge in [0.05, 0.1) is 6.61 Å². The molecule has 2 N–H and O–H groups in total. The van der Waals surface area contributed by atoms with E-state index in [0.29, 0.717) is 6.54 Å². The van der Waals surface area contributed by atoms with Crippen molar-refractivity contribution in [1.29, 1.82) is 0 Å². The van der Waals surface area contributed by atoms with Crippen molar-refractivity contribution >= 4 is 11.3 Å². The highest BCUT2D eigenvalue weighted by Crippen LogP contribution is 2.29. The fraction of sp³-hybridized carbons (Fsp3) is 0.412. The van der Waals surface area contributed by atoms with Crippen LogP contribution in [0.1, 0.15) is 16.9 Å². The zero-order chi connectivity index (χ0) is 15.1. The molecule has 21 heavy (non-hydrogen) atoms. The monoisotopic (exact) mass is 305 g/mol. The predicted molar refractivity (Wildman–Crippen MR) is 88.6 cm³/mol. The average Bonchev–Trinajstić information content (AvgIpc) is 2.94. The van der Waals surface area contributed by atoms with Gasteiger partial charge in [-0.25, -0.2) is 0 Å². The van der Waals surface area contributed by atoms with Crippen molar-refractivity contribution in [3.05, 3.63) is 46.8 Å². The highest BCUT2D eigenvalue weighted by Gasteiger charge is 2.08. The van der Waals surface area contributed by atoms with Crippen molar-refractivity contribution in [2.45, 2.75) is 19.9 Å². The molecule has 0 atom stereocenters. The summed E-state index contributed by atoms with van der Waals surface area (Å²) >= 11 is 1.79. The molecule has 0 amide bonds. The van der Waals surface area contributed by atoms with Crippen LogP contribution in [0.2, 0.25) is 0 Å². The molecule has 0 radical (unpaired) electrons. The lowest BCUT2D eigenvalue weighted by atomic mass is 10.1. The van der Waals surface area contributed by atoms with Gasteiger partial charge in [0.25, 0.3) is 0 Å². The van der Waals surface area contributed by atoms with Gasteiger partial charge in [-0.3, -0.25) is 4.90 Å². The first-order valence-corrected chi connectivity index (χ1v) is 8.14. The van der Waals surface area contributed by atoms with E-state index < -0.39 is 0 Å². The van der Waals surface area contributed by atoms with Gasteiger partial charge in [0, 0.05) is 36.0 Å². The number of aliphatic hydroxyl groups is 2. The maximum Gasteiger partial charge on any atom is 0.0558 e. The molecule has 0 fully saturated rings. The number of aliphatic hydroxyl groups excluding tert-OH is 2. The molecule has 0 spiro atoms. The Balaban J connectivity index is 2.02. The van der Waals surface area contributed by atoms with Gasteiger partial charge in [-0.15, -0.1) is 11.3 Å². The summed E-state index contributed by atoms with van der Waals surface area (Å²) in [7, 11) is 0. The van der Waals surface area contributed by atoms with Crippen molar-refractivity contribution in [2.24, 2.45) is 0 Å². The smallest absolute Gasteiger partial charge is 0.0558 e. The summed E-state index contributed by atoms with van der Waals surface area (Å²) in [5.74, 6) is 0. The molecule has 0 unspecified atom stereocenters. The first-order valence-electron chi connectivity index (χ1n) is 7.32. The fourth-order valence-corrected chi connectivity index (χ4v) is 3.32. The van der Waals surface area contributed by atoms with Crippen LogP contribution in [0.15, 0.2) is 36.4 Å². The highest BCUT2D eigenvalue weighted by atomic mass is 32.1. The SMILES string of the molecule is Cc1ccc(-c2ccc(CN(CCO)CCCO)s2)cc1. The molecule has 3 nitrogen and oxygen atoms in total. The average molecular weight is 305 g/mol. The number of hydrogen-bond acceptors (Lipinski definition) is 4. The van der Waals surface area contributed by atoms with Crippen LogP contribution in [0, 0.1) is 6.92 Å². The molecule has 0 saturated heterocycles. The van der Waals surface area contributed by atoms with Gasteiger partial charge >= 0.3 is 0 Å². The maximum atomic E-state index is 9.12. The van der Waals surface area contributed by atoms with E-state index in [9.17, 15) is 0 Å². The van der Waals surface area contributed by atoms with Gasteiger partial charge in [0.15, 0.2) is 0 Å². The van der Waals surface area contributed by atoms with E-state index in [2.05, 4.69) is 48.2 Å². The van der Waals surface area contributed by atoms with Crippen LogP contribution in [-0.2, 0) is 6.54 Å². The Kier molecular flexibility index (Phi) is 6.39. The molecule has 1 aromatic heterocycles.